The molecule has 0 radical (unpaired) electrons. The quantitative estimate of drug-likeness (QED) is 0.855. The summed E-state index contributed by atoms with van der Waals surface area (Å²) in [7, 11) is 0. The van der Waals surface area contributed by atoms with Crippen molar-refractivity contribution in [3.8, 4) is 5.75 Å². The average molecular weight is 262 g/mol. The van der Waals surface area contributed by atoms with Crippen LogP contribution in [0.5, 0.6) is 5.75 Å². The van der Waals surface area contributed by atoms with Gasteiger partial charge in [0.1, 0.15) is 5.75 Å². The van der Waals surface area contributed by atoms with Crippen LogP contribution in [0.2, 0.25) is 0 Å². The molecule has 0 saturated heterocycles. The fourth-order valence-electron chi connectivity index (χ4n) is 3.40. The first-order valence-electron chi connectivity index (χ1n) is 7.67. The molecule has 0 amide bonds. The molecule has 1 aliphatic rings. The molecule has 3 unspecified atom stereocenters. The Kier molecular flexibility index (Phi) is 5.26. The van der Waals surface area contributed by atoms with Crippen molar-refractivity contribution in [3.05, 3.63) is 29.8 Å². The molecule has 1 saturated carbocycles. The van der Waals surface area contributed by atoms with Gasteiger partial charge in [-0.25, -0.2) is 0 Å². The van der Waals surface area contributed by atoms with E-state index in [4.69, 9.17) is 4.74 Å². The van der Waals surface area contributed by atoms with Gasteiger partial charge in [-0.15, -0.1) is 0 Å². The van der Waals surface area contributed by atoms with Gasteiger partial charge in [-0.2, -0.15) is 0 Å². The highest BCUT2D eigenvalue weighted by Crippen LogP contribution is 2.42. The van der Waals surface area contributed by atoms with E-state index in [2.05, 4.69) is 6.92 Å². The maximum absolute atomic E-state index is 10.8. The van der Waals surface area contributed by atoms with Crippen molar-refractivity contribution < 1.29 is 9.84 Å². The number of ether oxygens (including phenoxy) is 1. The lowest BCUT2D eigenvalue weighted by molar-refractivity contribution is 0.0431. The topological polar surface area (TPSA) is 29.5 Å². The van der Waals surface area contributed by atoms with Gasteiger partial charge < -0.3 is 9.84 Å². The summed E-state index contributed by atoms with van der Waals surface area (Å²) in [4.78, 5) is 0. The monoisotopic (exact) mass is 262 g/mol. The minimum absolute atomic E-state index is 0.381. The Morgan fingerprint density at radius 2 is 1.95 bits per heavy atom. The molecule has 19 heavy (non-hydrogen) atoms. The van der Waals surface area contributed by atoms with Gasteiger partial charge in [0.2, 0.25) is 0 Å². The Hall–Kier alpha value is -1.02. The lowest BCUT2D eigenvalue weighted by Gasteiger charge is -2.35. The number of aliphatic hydroxyl groups excluding tert-OH is 1. The maximum atomic E-state index is 10.8. The lowest BCUT2D eigenvalue weighted by Crippen LogP contribution is -2.25. The summed E-state index contributed by atoms with van der Waals surface area (Å²) < 4.78 is 5.66. The summed E-state index contributed by atoms with van der Waals surface area (Å²) in [5.41, 5.74) is 0.967. The molecule has 0 aliphatic heterocycles. The van der Waals surface area contributed by atoms with Gasteiger partial charge in [0.15, 0.2) is 0 Å². The lowest BCUT2D eigenvalue weighted by atomic mass is 9.73. The first-order valence-corrected chi connectivity index (χ1v) is 7.67. The van der Waals surface area contributed by atoms with E-state index < -0.39 is 0 Å². The van der Waals surface area contributed by atoms with Gasteiger partial charge >= 0.3 is 0 Å². The van der Waals surface area contributed by atoms with Gasteiger partial charge in [-0.1, -0.05) is 50.8 Å². The van der Waals surface area contributed by atoms with Crippen molar-refractivity contribution >= 4 is 0 Å². The summed E-state index contributed by atoms with van der Waals surface area (Å²) in [6, 6.07) is 7.94. The van der Waals surface area contributed by atoms with E-state index in [1.165, 1.54) is 25.7 Å². The van der Waals surface area contributed by atoms with Crippen LogP contribution in [0.3, 0.4) is 0 Å². The molecule has 0 bridgehead atoms. The molecule has 0 spiro atoms. The summed E-state index contributed by atoms with van der Waals surface area (Å²) >= 11 is 0. The zero-order valence-electron chi connectivity index (χ0n) is 12.1. The van der Waals surface area contributed by atoms with Crippen LogP contribution in [-0.2, 0) is 0 Å². The van der Waals surface area contributed by atoms with Gasteiger partial charge in [-0.3, -0.25) is 0 Å². The second kappa shape index (κ2) is 6.95. The maximum Gasteiger partial charge on any atom is 0.125 e. The van der Waals surface area contributed by atoms with Crippen LogP contribution in [0.15, 0.2) is 24.3 Å². The molecule has 1 fully saturated rings. The van der Waals surface area contributed by atoms with E-state index in [0.717, 1.165) is 17.7 Å². The molecule has 2 rings (SSSR count). The number of hydrogen-bond donors (Lipinski definition) is 1. The highest BCUT2D eigenvalue weighted by Gasteiger charge is 2.31. The normalized spacial score (nSPS) is 25.0. The highest BCUT2D eigenvalue weighted by atomic mass is 16.5. The molecule has 1 aromatic carbocycles. The molecular formula is C17H26O2. The van der Waals surface area contributed by atoms with Crippen molar-refractivity contribution in [2.75, 3.05) is 6.61 Å². The third-order valence-electron chi connectivity index (χ3n) is 4.44. The second-order valence-electron chi connectivity index (χ2n) is 5.53. The summed E-state index contributed by atoms with van der Waals surface area (Å²) in [5, 5.41) is 10.8. The fourth-order valence-corrected chi connectivity index (χ4v) is 3.40. The molecule has 2 heteroatoms. The minimum atomic E-state index is -0.381. The van der Waals surface area contributed by atoms with Gasteiger partial charge in [0, 0.05) is 5.56 Å². The third-order valence-corrected chi connectivity index (χ3v) is 4.44. The molecular weight excluding hydrogens is 236 g/mol. The Bertz CT molecular complexity index is 389. The Morgan fingerprint density at radius 1 is 1.21 bits per heavy atom. The van der Waals surface area contributed by atoms with Crippen molar-refractivity contribution in [2.24, 2.45) is 11.8 Å². The fraction of sp³-hybridized carbons (Fsp3) is 0.647. The van der Waals surface area contributed by atoms with Crippen molar-refractivity contribution in [1.29, 1.82) is 0 Å². The molecule has 0 aromatic heterocycles. The van der Waals surface area contributed by atoms with Crippen molar-refractivity contribution in [2.45, 2.75) is 52.1 Å². The van der Waals surface area contributed by atoms with Crippen molar-refractivity contribution in [1.82, 2.24) is 0 Å². The Morgan fingerprint density at radius 3 is 2.68 bits per heavy atom. The summed E-state index contributed by atoms with van der Waals surface area (Å²) in [6.07, 6.45) is 5.74. The Balaban J connectivity index is 2.19. The van der Waals surface area contributed by atoms with E-state index in [9.17, 15) is 5.11 Å². The van der Waals surface area contributed by atoms with E-state index in [0.29, 0.717) is 18.4 Å². The summed E-state index contributed by atoms with van der Waals surface area (Å²) in [6.45, 7) is 4.87. The van der Waals surface area contributed by atoms with E-state index in [1.807, 2.05) is 31.2 Å². The Labute approximate surface area is 116 Å². The predicted octanol–water partition coefficient (Wildman–Crippen LogP) is 4.34. The van der Waals surface area contributed by atoms with Crippen molar-refractivity contribution in [3.63, 3.8) is 0 Å². The molecule has 106 valence electrons. The van der Waals surface area contributed by atoms with Crippen LogP contribution in [-0.4, -0.2) is 11.7 Å². The standard InChI is InChI=1S/C17H26O2/c1-3-13-9-5-6-10-14(13)17(18)15-11-7-8-12-16(15)19-4-2/h7-8,11-14,17-18H,3-6,9-10H2,1-2H3. The number of rotatable bonds is 5. The zero-order valence-corrected chi connectivity index (χ0v) is 12.1. The molecule has 1 N–H and O–H groups in total. The van der Waals surface area contributed by atoms with E-state index in [-0.39, 0.29) is 6.10 Å². The number of para-hydroxylation sites is 1. The first-order chi connectivity index (χ1) is 9.27. The van der Waals surface area contributed by atoms with Gasteiger partial charge in [0.05, 0.1) is 12.7 Å². The molecule has 1 aliphatic carbocycles. The zero-order chi connectivity index (χ0) is 13.7. The van der Waals surface area contributed by atoms with Crippen LogP contribution in [0.4, 0.5) is 0 Å². The van der Waals surface area contributed by atoms with E-state index >= 15 is 0 Å². The molecule has 2 nitrogen and oxygen atoms in total. The summed E-state index contributed by atoms with van der Waals surface area (Å²) in [5.74, 6) is 1.89. The number of benzene rings is 1. The number of aliphatic hydroxyl groups is 1. The SMILES string of the molecule is CCOc1ccccc1C(O)C1CCCCC1CC. The van der Waals surface area contributed by atoms with Crippen LogP contribution < -0.4 is 4.74 Å². The smallest absolute Gasteiger partial charge is 0.125 e. The second-order valence-corrected chi connectivity index (χ2v) is 5.53. The van der Waals surface area contributed by atoms with Crippen LogP contribution in [0, 0.1) is 11.8 Å². The predicted molar refractivity (Wildman–Crippen MR) is 78.3 cm³/mol. The van der Waals surface area contributed by atoms with Gasteiger partial charge in [0.25, 0.3) is 0 Å². The molecule has 1 aromatic rings. The largest absolute Gasteiger partial charge is 0.493 e. The van der Waals surface area contributed by atoms with Crippen LogP contribution in [0.1, 0.15) is 57.6 Å². The average Bonchev–Trinajstić information content (AvgIpc) is 2.47. The third kappa shape index (κ3) is 3.30. The molecule has 3 atom stereocenters. The first kappa shape index (κ1) is 14.4. The van der Waals surface area contributed by atoms with Crippen LogP contribution >= 0.6 is 0 Å². The minimum Gasteiger partial charge on any atom is -0.493 e. The van der Waals surface area contributed by atoms with Crippen LogP contribution in [0.25, 0.3) is 0 Å². The number of hydrogen-bond acceptors (Lipinski definition) is 2. The van der Waals surface area contributed by atoms with Gasteiger partial charge in [-0.05, 0) is 31.2 Å². The molecule has 0 heterocycles. The highest BCUT2D eigenvalue weighted by molar-refractivity contribution is 5.35. The van der Waals surface area contributed by atoms with E-state index in [1.54, 1.807) is 0 Å².